The van der Waals surface area contributed by atoms with Crippen LogP contribution in [0.4, 0.5) is 0 Å². The van der Waals surface area contributed by atoms with E-state index in [1.54, 1.807) is 0 Å². The smallest absolute Gasteiger partial charge is 0.246 e. The lowest BCUT2D eigenvalue weighted by molar-refractivity contribution is -0.126. The molecule has 1 saturated heterocycles. The van der Waals surface area contributed by atoms with Crippen LogP contribution in [-0.4, -0.2) is 38.3 Å². The maximum Gasteiger partial charge on any atom is 0.246 e. The number of hydrogen-bond acceptors (Lipinski definition) is 3. The molecular weight excluding hydrogens is 168 g/mol. The lowest BCUT2D eigenvalue weighted by Gasteiger charge is -2.23. The van der Waals surface area contributed by atoms with Crippen LogP contribution in [0, 0.1) is 0 Å². The molecule has 2 N–H and O–H groups in total. The van der Waals surface area contributed by atoms with E-state index in [9.17, 15) is 4.79 Å². The van der Waals surface area contributed by atoms with Crippen LogP contribution in [0.2, 0.25) is 0 Å². The van der Waals surface area contributed by atoms with E-state index < -0.39 is 0 Å². The van der Waals surface area contributed by atoms with Crippen molar-refractivity contribution in [2.24, 2.45) is 0 Å². The molecule has 4 nitrogen and oxygen atoms in total. The molecule has 0 unspecified atom stereocenters. The van der Waals surface area contributed by atoms with Gasteiger partial charge in [-0.2, -0.15) is 0 Å². The molecule has 1 rings (SSSR count). The summed E-state index contributed by atoms with van der Waals surface area (Å²) in [5, 5.41) is 6.20. The normalized spacial score (nSPS) is 18.5. The minimum Gasteiger partial charge on any atom is -0.372 e. The van der Waals surface area contributed by atoms with Crippen molar-refractivity contribution >= 4 is 5.91 Å². The zero-order valence-corrected chi connectivity index (χ0v) is 8.14. The monoisotopic (exact) mass is 186 g/mol. The molecule has 0 aromatic rings. The molecule has 1 heterocycles. The zero-order valence-electron chi connectivity index (χ0n) is 8.14. The molecule has 1 aliphatic rings. The van der Waals surface area contributed by atoms with Crippen LogP contribution >= 0.6 is 0 Å². The van der Waals surface area contributed by atoms with Crippen molar-refractivity contribution in [3.63, 3.8) is 0 Å². The third-order valence-electron chi connectivity index (χ3n) is 2.14. The quantitative estimate of drug-likeness (QED) is 0.644. The Morgan fingerprint density at radius 1 is 1.54 bits per heavy atom. The van der Waals surface area contributed by atoms with E-state index >= 15 is 0 Å². The first-order valence-electron chi connectivity index (χ1n) is 4.90. The highest BCUT2D eigenvalue weighted by molar-refractivity contribution is 5.77. The van der Waals surface area contributed by atoms with Gasteiger partial charge >= 0.3 is 0 Å². The number of rotatable bonds is 4. The van der Waals surface area contributed by atoms with Crippen molar-refractivity contribution in [2.45, 2.75) is 25.8 Å². The lowest BCUT2D eigenvalue weighted by Crippen LogP contribution is -2.43. The highest BCUT2D eigenvalue weighted by atomic mass is 16.5. The molecule has 0 bridgehead atoms. The van der Waals surface area contributed by atoms with Gasteiger partial charge in [-0.1, -0.05) is 0 Å². The maximum absolute atomic E-state index is 11.2. The Morgan fingerprint density at radius 3 is 2.85 bits per heavy atom. The Labute approximate surface area is 79.0 Å². The van der Waals surface area contributed by atoms with Crippen molar-refractivity contribution in [1.82, 2.24) is 10.6 Å². The molecule has 0 spiro atoms. The summed E-state index contributed by atoms with van der Waals surface area (Å²) < 4.78 is 5.01. The maximum atomic E-state index is 11.2. The van der Waals surface area contributed by atoms with E-state index in [0.717, 1.165) is 25.9 Å². The summed E-state index contributed by atoms with van der Waals surface area (Å²) in [6.45, 7) is 4.68. The van der Waals surface area contributed by atoms with Crippen molar-refractivity contribution < 1.29 is 9.53 Å². The predicted octanol–water partition coefficient (Wildman–Crippen LogP) is -0.109. The Kier molecular flexibility index (Phi) is 4.78. The Bertz CT molecular complexity index is 156. The first-order chi connectivity index (χ1) is 6.33. The highest BCUT2D eigenvalue weighted by Crippen LogP contribution is 2.01. The number of piperidine rings is 1. The van der Waals surface area contributed by atoms with Crippen LogP contribution < -0.4 is 10.6 Å². The molecule has 4 heteroatoms. The summed E-state index contributed by atoms with van der Waals surface area (Å²) >= 11 is 0. The Morgan fingerprint density at radius 2 is 2.23 bits per heavy atom. The molecule has 76 valence electrons. The molecule has 1 amide bonds. The molecule has 0 aliphatic carbocycles. The molecular formula is C9H18N2O2. The molecule has 1 fully saturated rings. The third kappa shape index (κ3) is 4.24. The van der Waals surface area contributed by atoms with Gasteiger partial charge in [-0.3, -0.25) is 4.79 Å². The fourth-order valence-electron chi connectivity index (χ4n) is 1.43. The van der Waals surface area contributed by atoms with Gasteiger partial charge in [0, 0.05) is 12.6 Å². The van der Waals surface area contributed by atoms with Crippen LogP contribution in [0.25, 0.3) is 0 Å². The van der Waals surface area contributed by atoms with Gasteiger partial charge in [0.15, 0.2) is 0 Å². The van der Waals surface area contributed by atoms with Crippen LogP contribution in [0.5, 0.6) is 0 Å². The summed E-state index contributed by atoms with van der Waals surface area (Å²) in [6, 6.07) is 0.342. The van der Waals surface area contributed by atoms with E-state index in [4.69, 9.17) is 4.74 Å². The van der Waals surface area contributed by atoms with E-state index in [-0.39, 0.29) is 12.5 Å². The molecule has 0 saturated carbocycles. The first kappa shape index (κ1) is 10.5. The molecule has 0 atom stereocenters. The average Bonchev–Trinajstić information content (AvgIpc) is 2.16. The number of nitrogens with one attached hydrogen (secondary N) is 2. The average molecular weight is 186 g/mol. The fraction of sp³-hybridized carbons (Fsp3) is 0.889. The standard InChI is InChI=1S/C9H18N2O2/c1-2-13-7-9(12)11-8-3-5-10-6-4-8/h8,10H,2-7H2,1H3,(H,11,12). The molecule has 0 aromatic heterocycles. The number of amides is 1. The van der Waals surface area contributed by atoms with E-state index in [2.05, 4.69) is 10.6 Å². The van der Waals surface area contributed by atoms with E-state index in [1.807, 2.05) is 6.92 Å². The molecule has 13 heavy (non-hydrogen) atoms. The first-order valence-corrected chi connectivity index (χ1v) is 4.90. The van der Waals surface area contributed by atoms with E-state index in [0.29, 0.717) is 12.6 Å². The number of carbonyl (C=O) groups excluding carboxylic acids is 1. The fourth-order valence-corrected chi connectivity index (χ4v) is 1.43. The van der Waals surface area contributed by atoms with Gasteiger partial charge in [-0.05, 0) is 32.9 Å². The second-order valence-electron chi connectivity index (χ2n) is 3.23. The molecule has 0 aromatic carbocycles. The van der Waals surface area contributed by atoms with Gasteiger partial charge in [0.2, 0.25) is 5.91 Å². The van der Waals surface area contributed by atoms with Crippen LogP contribution in [-0.2, 0) is 9.53 Å². The summed E-state index contributed by atoms with van der Waals surface area (Å²) in [5.41, 5.74) is 0. The van der Waals surface area contributed by atoms with Crippen LogP contribution in [0.1, 0.15) is 19.8 Å². The molecule has 0 radical (unpaired) electrons. The summed E-state index contributed by atoms with van der Waals surface area (Å²) in [4.78, 5) is 11.2. The second-order valence-corrected chi connectivity index (χ2v) is 3.23. The number of ether oxygens (including phenoxy) is 1. The third-order valence-corrected chi connectivity index (χ3v) is 2.14. The Hall–Kier alpha value is -0.610. The van der Waals surface area contributed by atoms with E-state index in [1.165, 1.54) is 0 Å². The number of hydrogen-bond donors (Lipinski definition) is 2. The zero-order chi connectivity index (χ0) is 9.52. The SMILES string of the molecule is CCOCC(=O)NC1CCNCC1. The van der Waals surface area contributed by atoms with Gasteiger partial charge in [0.05, 0.1) is 0 Å². The van der Waals surface area contributed by atoms with Crippen molar-refractivity contribution in [1.29, 1.82) is 0 Å². The summed E-state index contributed by atoms with van der Waals surface area (Å²) in [6.07, 6.45) is 2.05. The largest absolute Gasteiger partial charge is 0.372 e. The van der Waals surface area contributed by atoms with Crippen molar-refractivity contribution in [3.05, 3.63) is 0 Å². The van der Waals surface area contributed by atoms with Gasteiger partial charge < -0.3 is 15.4 Å². The van der Waals surface area contributed by atoms with Crippen molar-refractivity contribution in [3.8, 4) is 0 Å². The van der Waals surface area contributed by atoms with Gasteiger partial charge in [-0.25, -0.2) is 0 Å². The van der Waals surface area contributed by atoms with Crippen LogP contribution in [0.15, 0.2) is 0 Å². The topological polar surface area (TPSA) is 50.4 Å². The van der Waals surface area contributed by atoms with Crippen LogP contribution in [0.3, 0.4) is 0 Å². The number of carbonyl (C=O) groups is 1. The Balaban J connectivity index is 2.11. The minimum atomic E-state index is 0.00810. The minimum absolute atomic E-state index is 0.00810. The summed E-state index contributed by atoms with van der Waals surface area (Å²) in [7, 11) is 0. The predicted molar refractivity (Wildman–Crippen MR) is 50.5 cm³/mol. The summed E-state index contributed by atoms with van der Waals surface area (Å²) in [5.74, 6) is 0.00810. The second kappa shape index (κ2) is 5.94. The van der Waals surface area contributed by atoms with Crippen molar-refractivity contribution in [2.75, 3.05) is 26.3 Å². The molecule has 1 aliphatic heterocycles. The highest BCUT2D eigenvalue weighted by Gasteiger charge is 2.14. The van der Waals surface area contributed by atoms with Gasteiger partial charge in [0.1, 0.15) is 6.61 Å². The van der Waals surface area contributed by atoms with Gasteiger partial charge in [-0.15, -0.1) is 0 Å². The lowest BCUT2D eigenvalue weighted by atomic mass is 10.1. The van der Waals surface area contributed by atoms with Gasteiger partial charge in [0.25, 0.3) is 0 Å².